The summed E-state index contributed by atoms with van der Waals surface area (Å²) in [7, 11) is 0. The minimum Gasteiger partial charge on any atom is -0.481 e. The van der Waals surface area contributed by atoms with Gasteiger partial charge in [0.05, 0.1) is 17.6 Å². The summed E-state index contributed by atoms with van der Waals surface area (Å²) in [6.45, 7) is 6.27. The Kier molecular flexibility index (Phi) is 5.72. The molecule has 6 heteroatoms. The Morgan fingerprint density at radius 2 is 1.92 bits per heavy atom. The third kappa shape index (κ3) is 4.20. The van der Waals surface area contributed by atoms with E-state index in [1.807, 2.05) is 11.8 Å². The van der Waals surface area contributed by atoms with Gasteiger partial charge in [-0.05, 0) is 38.3 Å². The fourth-order valence-electron chi connectivity index (χ4n) is 3.19. The van der Waals surface area contributed by atoms with Gasteiger partial charge in [0.2, 0.25) is 5.91 Å². The van der Waals surface area contributed by atoms with Crippen molar-refractivity contribution in [3.8, 4) is 0 Å². The van der Waals surface area contributed by atoms with E-state index >= 15 is 0 Å². The molecule has 1 amide bonds. The molecule has 24 heavy (non-hydrogen) atoms. The molecule has 3 atom stereocenters. The molecule has 0 radical (unpaired) electrons. The second-order valence-electron chi connectivity index (χ2n) is 6.60. The van der Waals surface area contributed by atoms with Gasteiger partial charge < -0.3 is 10.4 Å². The van der Waals surface area contributed by atoms with E-state index < -0.39 is 17.9 Å². The Balaban J connectivity index is 2.09. The number of nitrogens with zero attached hydrogens (tertiary/aromatic N) is 1. The van der Waals surface area contributed by atoms with Crippen LogP contribution in [0.5, 0.6) is 0 Å². The number of piperidine rings is 1. The Hall–Kier alpha value is -2.21. The first-order valence-electron chi connectivity index (χ1n) is 8.17. The Morgan fingerprint density at radius 3 is 2.54 bits per heavy atom. The molecule has 1 aromatic rings. The van der Waals surface area contributed by atoms with Gasteiger partial charge in [-0.15, -0.1) is 0 Å². The van der Waals surface area contributed by atoms with Gasteiger partial charge in [-0.25, -0.2) is 0 Å². The van der Waals surface area contributed by atoms with Gasteiger partial charge in [0, 0.05) is 18.7 Å². The summed E-state index contributed by atoms with van der Waals surface area (Å²) in [5.41, 5.74) is 0.954. The largest absolute Gasteiger partial charge is 0.481 e. The number of hydrogen-bond acceptors (Lipinski definition) is 4. The first-order valence-corrected chi connectivity index (χ1v) is 8.17. The summed E-state index contributed by atoms with van der Waals surface area (Å²) in [5, 5.41) is 12.1. The van der Waals surface area contributed by atoms with Crippen LogP contribution in [0.2, 0.25) is 0 Å². The second-order valence-corrected chi connectivity index (χ2v) is 6.60. The van der Waals surface area contributed by atoms with Gasteiger partial charge in [0.25, 0.3) is 0 Å². The number of likely N-dealkylation sites (tertiary alicyclic amines) is 1. The van der Waals surface area contributed by atoms with Crippen molar-refractivity contribution in [3.63, 3.8) is 0 Å². The van der Waals surface area contributed by atoms with Crippen LogP contribution in [-0.4, -0.2) is 46.8 Å². The van der Waals surface area contributed by atoms with E-state index in [4.69, 9.17) is 0 Å². The van der Waals surface area contributed by atoms with Gasteiger partial charge in [-0.2, -0.15) is 0 Å². The highest BCUT2D eigenvalue weighted by Gasteiger charge is 2.33. The van der Waals surface area contributed by atoms with Crippen LogP contribution in [0.3, 0.4) is 0 Å². The quantitative estimate of drug-likeness (QED) is 0.808. The number of amides is 1. The molecular weight excluding hydrogens is 308 g/mol. The van der Waals surface area contributed by atoms with Crippen LogP contribution in [0.4, 0.5) is 5.69 Å². The van der Waals surface area contributed by atoms with Gasteiger partial charge in [-0.1, -0.05) is 19.1 Å². The lowest BCUT2D eigenvalue weighted by Gasteiger charge is -2.37. The zero-order valence-electron chi connectivity index (χ0n) is 14.3. The van der Waals surface area contributed by atoms with E-state index in [0.717, 1.165) is 0 Å². The monoisotopic (exact) mass is 332 g/mol. The minimum atomic E-state index is -0.818. The number of para-hydroxylation sites is 1. The smallest absolute Gasteiger partial charge is 0.307 e. The molecule has 1 aliphatic heterocycles. The van der Waals surface area contributed by atoms with Crippen LogP contribution in [0.15, 0.2) is 24.3 Å². The SMILES string of the molecule is CC(=O)c1ccccc1NC(=O)C(C)N1CC(C)CC(C(=O)O)C1. The molecule has 1 saturated heterocycles. The maximum Gasteiger partial charge on any atom is 0.307 e. The third-order valence-electron chi connectivity index (χ3n) is 4.53. The van der Waals surface area contributed by atoms with Gasteiger partial charge >= 0.3 is 5.97 Å². The van der Waals surface area contributed by atoms with Crippen molar-refractivity contribution in [1.82, 2.24) is 4.90 Å². The number of hydrogen-bond donors (Lipinski definition) is 2. The molecule has 3 unspecified atom stereocenters. The normalized spacial score (nSPS) is 22.6. The number of carboxylic acid groups (broad SMARTS) is 1. The summed E-state index contributed by atoms with van der Waals surface area (Å²) in [6.07, 6.45) is 0.632. The van der Waals surface area contributed by atoms with Crippen molar-refractivity contribution >= 4 is 23.3 Å². The lowest BCUT2D eigenvalue weighted by Crippen LogP contribution is -2.50. The fraction of sp³-hybridized carbons (Fsp3) is 0.500. The molecule has 0 aliphatic carbocycles. The summed E-state index contributed by atoms with van der Waals surface area (Å²) in [6, 6.07) is 6.41. The number of nitrogens with one attached hydrogen (secondary N) is 1. The first-order chi connectivity index (χ1) is 11.3. The summed E-state index contributed by atoms with van der Waals surface area (Å²) in [5.74, 6) is -1.40. The molecule has 1 aromatic carbocycles. The number of ketones is 1. The van der Waals surface area contributed by atoms with E-state index in [2.05, 4.69) is 5.32 Å². The molecule has 0 saturated carbocycles. The molecule has 130 valence electrons. The van der Waals surface area contributed by atoms with Crippen molar-refractivity contribution < 1.29 is 19.5 Å². The maximum absolute atomic E-state index is 12.6. The summed E-state index contributed by atoms with van der Waals surface area (Å²) < 4.78 is 0. The number of carboxylic acids is 1. The average Bonchev–Trinajstić information content (AvgIpc) is 2.53. The highest BCUT2D eigenvalue weighted by molar-refractivity contribution is 6.04. The second kappa shape index (κ2) is 7.57. The lowest BCUT2D eigenvalue weighted by atomic mass is 9.89. The predicted octanol–water partition coefficient (Wildman–Crippen LogP) is 2.26. The van der Waals surface area contributed by atoms with Gasteiger partial charge in [0.1, 0.15) is 0 Å². The van der Waals surface area contributed by atoms with Crippen molar-refractivity contribution in [3.05, 3.63) is 29.8 Å². The molecule has 0 aromatic heterocycles. The molecule has 0 bridgehead atoms. The number of aliphatic carboxylic acids is 1. The molecule has 2 N–H and O–H groups in total. The van der Waals surface area contributed by atoms with Crippen LogP contribution < -0.4 is 5.32 Å². The average molecular weight is 332 g/mol. The molecule has 0 spiro atoms. The molecule has 6 nitrogen and oxygen atoms in total. The highest BCUT2D eigenvalue weighted by Crippen LogP contribution is 2.24. The van der Waals surface area contributed by atoms with Crippen LogP contribution in [0.1, 0.15) is 37.6 Å². The predicted molar refractivity (Wildman–Crippen MR) is 91.0 cm³/mol. The lowest BCUT2D eigenvalue weighted by molar-refractivity contribution is -0.145. The first kappa shape index (κ1) is 18.1. The van der Waals surface area contributed by atoms with E-state index in [9.17, 15) is 19.5 Å². The maximum atomic E-state index is 12.6. The van der Waals surface area contributed by atoms with Crippen LogP contribution in [0, 0.1) is 11.8 Å². The number of rotatable bonds is 5. The topological polar surface area (TPSA) is 86.7 Å². The van der Waals surface area contributed by atoms with Gasteiger partial charge in [-0.3, -0.25) is 19.3 Å². The zero-order chi connectivity index (χ0) is 17.9. The minimum absolute atomic E-state index is 0.115. The number of anilines is 1. The van der Waals surface area contributed by atoms with Crippen LogP contribution in [-0.2, 0) is 9.59 Å². The zero-order valence-corrected chi connectivity index (χ0v) is 14.3. The number of benzene rings is 1. The Bertz CT molecular complexity index is 644. The standard InChI is InChI=1S/C18H24N2O4/c1-11-8-14(18(23)24)10-20(9-11)12(2)17(22)19-16-7-5-4-6-15(16)13(3)21/h4-7,11-12,14H,8-10H2,1-3H3,(H,19,22)(H,23,24). The molecule has 1 aliphatic rings. The summed E-state index contributed by atoms with van der Waals surface area (Å²) in [4.78, 5) is 37.4. The van der Waals surface area contributed by atoms with Crippen molar-refractivity contribution in [1.29, 1.82) is 0 Å². The number of carbonyl (C=O) groups is 3. The fourth-order valence-corrected chi connectivity index (χ4v) is 3.19. The van der Waals surface area contributed by atoms with Crippen molar-refractivity contribution in [2.24, 2.45) is 11.8 Å². The number of carbonyl (C=O) groups excluding carboxylic acids is 2. The summed E-state index contributed by atoms with van der Waals surface area (Å²) >= 11 is 0. The van der Waals surface area contributed by atoms with Crippen molar-refractivity contribution in [2.45, 2.75) is 33.2 Å². The van der Waals surface area contributed by atoms with Gasteiger partial charge in [0.15, 0.2) is 5.78 Å². The third-order valence-corrected chi connectivity index (χ3v) is 4.53. The Morgan fingerprint density at radius 1 is 1.25 bits per heavy atom. The Labute approximate surface area is 141 Å². The van der Waals surface area contributed by atoms with Crippen LogP contribution >= 0.6 is 0 Å². The molecular formula is C18H24N2O4. The van der Waals surface area contributed by atoms with E-state index in [1.165, 1.54) is 6.92 Å². The van der Waals surface area contributed by atoms with Crippen molar-refractivity contribution in [2.75, 3.05) is 18.4 Å². The van der Waals surface area contributed by atoms with Crippen LogP contribution in [0.25, 0.3) is 0 Å². The van der Waals surface area contributed by atoms with E-state index in [1.54, 1.807) is 31.2 Å². The molecule has 2 rings (SSSR count). The molecule has 1 heterocycles. The van der Waals surface area contributed by atoms with E-state index in [0.29, 0.717) is 30.8 Å². The number of Topliss-reactive ketones (excluding diaryl/α,β-unsaturated/α-hetero) is 1. The van der Waals surface area contributed by atoms with E-state index in [-0.39, 0.29) is 17.6 Å². The highest BCUT2D eigenvalue weighted by atomic mass is 16.4. The molecule has 1 fully saturated rings.